The fourth-order valence-electron chi connectivity index (χ4n) is 3.18. The fourth-order valence-corrected chi connectivity index (χ4v) is 4.39. The van der Waals surface area contributed by atoms with E-state index in [-0.39, 0.29) is 36.1 Å². The molecule has 148 valence electrons. The number of rotatable bonds is 5. The van der Waals surface area contributed by atoms with Crippen LogP contribution in [0.15, 0.2) is 29.3 Å². The standard InChI is InChI=1S/C19H25FN4OS.HI/c1-21-19(22-11-16(25)13-7-3-4-8-14(13)20)24(2)12-18-23-15-9-5-6-10-17(15)26-18;/h3-4,7-8,16,25H,5-6,9-12H2,1-2H3,(H,21,22);1H. The maximum Gasteiger partial charge on any atom is 0.193 e. The van der Waals surface area contributed by atoms with Gasteiger partial charge in [-0.15, -0.1) is 35.3 Å². The molecule has 5 nitrogen and oxygen atoms in total. The van der Waals surface area contributed by atoms with Gasteiger partial charge in [0.2, 0.25) is 0 Å². The summed E-state index contributed by atoms with van der Waals surface area (Å²) < 4.78 is 13.8. The van der Waals surface area contributed by atoms with Crippen molar-refractivity contribution in [1.82, 2.24) is 15.2 Å². The van der Waals surface area contributed by atoms with Crippen LogP contribution >= 0.6 is 35.3 Å². The number of nitrogens with zero attached hydrogens (tertiary/aromatic N) is 3. The number of benzene rings is 1. The highest BCUT2D eigenvalue weighted by atomic mass is 127. The van der Waals surface area contributed by atoms with Crippen molar-refractivity contribution in [3.63, 3.8) is 0 Å². The van der Waals surface area contributed by atoms with Crippen molar-refractivity contribution in [1.29, 1.82) is 0 Å². The number of aliphatic hydroxyl groups excluding tert-OH is 1. The number of guanidine groups is 1. The number of fused-ring (bicyclic) bond motifs is 1. The normalized spacial score (nSPS) is 14.9. The first kappa shape index (κ1) is 22.0. The topological polar surface area (TPSA) is 60.8 Å². The number of nitrogens with one attached hydrogen (secondary N) is 1. The van der Waals surface area contributed by atoms with E-state index in [2.05, 4.69) is 10.3 Å². The molecule has 1 aliphatic rings. The second-order valence-corrected chi connectivity index (χ2v) is 7.67. The third kappa shape index (κ3) is 5.61. The molecule has 1 aromatic carbocycles. The third-order valence-corrected chi connectivity index (χ3v) is 5.70. The van der Waals surface area contributed by atoms with E-state index in [1.807, 2.05) is 11.9 Å². The SMILES string of the molecule is CN=C(NCC(O)c1ccccc1F)N(C)Cc1nc2c(s1)CCCC2.I. The molecule has 0 fully saturated rings. The van der Waals surface area contributed by atoms with Gasteiger partial charge in [-0.1, -0.05) is 18.2 Å². The molecule has 0 aliphatic heterocycles. The molecule has 1 aromatic heterocycles. The Hall–Kier alpha value is -1.26. The predicted octanol–water partition coefficient (Wildman–Crippen LogP) is 3.52. The predicted molar refractivity (Wildman–Crippen MR) is 118 cm³/mol. The van der Waals surface area contributed by atoms with E-state index in [0.717, 1.165) is 17.8 Å². The van der Waals surface area contributed by atoms with Gasteiger partial charge in [0.1, 0.15) is 10.8 Å². The second-order valence-electron chi connectivity index (χ2n) is 6.51. The summed E-state index contributed by atoms with van der Waals surface area (Å²) in [6, 6.07) is 6.27. The zero-order valence-electron chi connectivity index (χ0n) is 15.6. The first-order valence-corrected chi connectivity index (χ1v) is 9.72. The third-order valence-electron chi connectivity index (χ3n) is 4.55. The van der Waals surface area contributed by atoms with E-state index in [1.165, 1.54) is 29.5 Å². The number of aryl methyl sites for hydroxylation is 2. The van der Waals surface area contributed by atoms with Crippen molar-refractivity contribution in [3.8, 4) is 0 Å². The molecule has 1 unspecified atom stereocenters. The molecule has 0 radical (unpaired) electrons. The molecule has 0 saturated heterocycles. The lowest BCUT2D eigenvalue weighted by atomic mass is 10.0. The van der Waals surface area contributed by atoms with Crippen LogP contribution in [0.3, 0.4) is 0 Å². The van der Waals surface area contributed by atoms with Crippen molar-refractivity contribution in [2.24, 2.45) is 4.99 Å². The minimum atomic E-state index is -0.937. The Labute approximate surface area is 180 Å². The molecule has 2 N–H and O–H groups in total. The van der Waals surface area contributed by atoms with Crippen LogP contribution in [0, 0.1) is 5.82 Å². The molecule has 1 aliphatic carbocycles. The molecule has 27 heavy (non-hydrogen) atoms. The van der Waals surface area contributed by atoms with Crippen LogP contribution in [-0.2, 0) is 19.4 Å². The highest BCUT2D eigenvalue weighted by Crippen LogP contribution is 2.27. The van der Waals surface area contributed by atoms with Crippen LogP contribution < -0.4 is 5.32 Å². The Kier molecular flexibility index (Phi) is 8.43. The van der Waals surface area contributed by atoms with Crippen molar-refractivity contribution in [2.75, 3.05) is 20.6 Å². The maximum atomic E-state index is 13.8. The molecule has 2 aromatic rings. The van der Waals surface area contributed by atoms with Gasteiger partial charge in [0.05, 0.1) is 18.3 Å². The Balaban J connectivity index is 0.00000261. The monoisotopic (exact) mass is 504 g/mol. The molecule has 8 heteroatoms. The number of aromatic nitrogens is 1. The number of hydrogen-bond acceptors (Lipinski definition) is 4. The van der Waals surface area contributed by atoms with E-state index in [4.69, 9.17) is 4.98 Å². The first-order valence-electron chi connectivity index (χ1n) is 8.90. The zero-order chi connectivity index (χ0) is 18.5. The lowest BCUT2D eigenvalue weighted by Crippen LogP contribution is -2.40. The summed E-state index contributed by atoms with van der Waals surface area (Å²) in [5.74, 6) is 0.243. The summed E-state index contributed by atoms with van der Waals surface area (Å²) in [5, 5.41) is 14.4. The van der Waals surface area contributed by atoms with Crippen molar-refractivity contribution < 1.29 is 9.50 Å². The highest BCUT2D eigenvalue weighted by Gasteiger charge is 2.18. The number of thiazole rings is 1. The second kappa shape index (κ2) is 10.3. The van der Waals surface area contributed by atoms with Gasteiger partial charge in [-0.2, -0.15) is 0 Å². The molecule has 0 bridgehead atoms. The smallest absolute Gasteiger partial charge is 0.193 e. The number of hydrogen-bond donors (Lipinski definition) is 2. The van der Waals surface area contributed by atoms with E-state index < -0.39 is 11.9 Å². The summed E-state index contributed by atoms with van der Waals surface area (Å²) in [6.45, 7) is 0.847. The van der Waals surface area contributed by atoms with Crippen LogP contribution in [0.2, 0.25) is 0 Å². The van der Waals surface area contributed by atoms with Crippen LogP contribution in [-0.4, -0.2) is 41.6 Å². The van der Waals surface area contributed by atoms with Crippen LogP contribution in [0.1, 0.15) is 40.1 Å². The van der Waals surface area contributed by atoms with Crippen LogP contribution in [0.5, 0.6) is 0 Å². The van der Waals surface area contributed by atoms with Crippen molar-refractivity contribution in [2.45, 2.75) is 38.3 Å². The molecule has 3 rings (SSSR count). The Bertz CT molecular complexity index is 759. The molecule has 1 atom stereocenters. The van der Waals surface area contributed by atoms with Crippen LogP contribution in [0.4, 0.5) is 4.39 Å². The Morgan fingerprint density at radius 2 is 2.11 bits per heavy atom. The summed E-state index contributed by atoms with van der Waals surface area (Å²) in [4.78, 5) is 12.4. The summed E-state index contributed by atoms with van der Waals surface area (Å²) in [7, 11) is 3.63. The maximum absolute atomic E-state index is 13.8. The minimum Gasteiger partial charge on any atom is -0.386 e. The Morgan fingerprint density at radius 3 is 2.81 bits per heavy atom. The van der Waals surface area contributed by atoms with Gasteiger partial charge >= 0.3 is 0 Å². The average Bonchev–Trinajstić information content (AvgIpc) is 3.04. The van der Waals surface area contributed by atoms with Gasteiger partial charge in [-0.05, 0) is 31.7 Å². The lowest BCUT2D eigenvalue weighted by Gasteiger charge is -2.22. The van der Waals surface area contributed by atoms with Gasteiger partial charge < -0.3 is 15.3 Å². The molecular weight excluding hydrogens is 478 g/mol. The van der Waals surface area contributed by atoms with Gasteiger partial charge in [0.25, 0.3) is 0 Å². The largest absolute Gasteiger partial charge is 0.386 e. The number of aliphatic imine (C=N–C) groups is 1. The first-order chi connectivity index (χ1) is 12.6. The number of halogens is 2. The van der Waals surface area contributed by atoms with Crippen molar-refractivity contribution in [3.05, 3.63) is 51.2 Å². The Morgan fingerprint density at radius 1 is 1.37 bits per heavy atom. The minimum absolute atomic E-state index is 0. The zero-order valence-corrected chi connectivity index (χ0v) is 18.8. The number of aliphatic hydroxyl groups is 1. The summed E-state index contributed by atoms with van der Waals surface area (Å²) in [5.41, 5.74) is 1.54. The van der Waals surface area contributed by atoms with E-state index in [0.29, 0.717) is 12.5 Å². The summed E-state index contributed by atoms with van der Waals surface area (Å²) in [6.07, 6.45) is 3.76. The molecule has 1 heterocycles. The van der Waals surface area contributed by atoms with Crippen LogP contribution in [0.25, 0.3) is 0 Å². The highest BCUT2D eigenvalue weighted by molar-refractivity contribution is 14.0. The average molecular weight is 504 g/mol. The molecular formula is C19H26FIN4OS. The van der Waals surface area contributed by atoms with Gasteiger partial charge in [0, 0.05) is 31.1 Å². The van der Waals surface area contributed by atoms with E-state index in [1.54, 1.807) is 36.6 Å². The van der Waals surface area contributed by atoms with Gasteiger partial charge in [0.15, 0.2) is 5.96 Å². The molecule has 0 spiro atoms. The van der Waals surface area contributed by atoms with Crippen molar-refractivity contribution >= 4 is 41.3 Å². The van der Waals surface area contributed by atoms with E-state index >= 15 is 0 Å². The van der Waals surface area contributed by atoms with Gasteiger partial charge in [-0.25, -0.2) is 9.37 Å². The lowest BCUT2D eigenvalue weighted by molar-refractivity contribution is 0.175. The van der Waals surface area contributed by atoms with E-state index in [9.17, 15) is 9.50 Å². The van der Waals surface area contributed by atoms with Gasteiger partial charge in [-0.3, -0.25) is 4.99 Å². The quantitative estimate of drug-likeness (QED) is 0.372. The molecule has 0 amide bonds. The summed E-state index contributed by atoms with van der Waals surface area (Å²) >= 11 is 1.78. The molecule has 0 saturated carbocycles. The fraction of sp³-hybridized carbons (Fsp3) is 0.474.